The van der Waals surface area contributed by atoms with E-state index in [1.54, 1.807) is 18.5 Å². The van der Waals surface area contributed by atoms with Crippen molar-refractivity contribution in [2.45, 2.75) is 58.4 Å². The Hall–Kier alpha value is -3.29. The topological polar surface area (TPSA) is 97.0 Å². The summed E-state index contributed by atoms with van der Waals surface area (Å²) in [6.45, 7) is 9.49. The van der Waals surface area contributed by atoms with Crippen molar-refractivity contribution in [3.05, 3.63) is 53.9 Å². The fraction of sp³-hybridized carbons (Fsp3) is 0.458. The first-order valence-corrected chi connectivity index (χ1v) is 11.2. The van der Waals surface area contributed by atoms with Crippen molar-refractivity contribution in [2.75, 3.05) is 18.4 Å². The Bertz CT molecular complexity index is 1060. The van der Waals surface area contributed by atoms with E-state index in [1.165, 1.54) is 0 Å². The molecule has 0 aromatic carbocycles. The number of hydrogen-bond donors (Lipinski definition) is 1. The molecular weight excluding hydrogens is 404 g/mol. The summed E-state index contributed by atoms with van der Waals surface area (Å²) >= 11 is 0. The molecule has 0 unspecified atom stereocenters. The van der Waals surface area contributed by atoms with Crippen LogP contribution in [0.1, 0.15) is 74.3 Å². The number of piperidine rings is 1. The van der Waals surface area contributed by atoms with Crippen molar-refractivity contribution in [3.8, 4) is 11.1 Å². The molecule has 3 aromatic heterocycles. The highest BCUT2D eigenvalue weighted by molar-refractivity contribution is 5.91. The minimum atomic E-state index is -0.0953. The van der Waals surface area contributed by atoms with E-state index in [1.807, 2.05) is 37.1 Å². The third kappa shape index (κ3) is 4.79. The molecule has 0 aliphatic carbocycles. The van der Waals surface area contributed by atoms with Crippen LogP contribution in [-0.4, -0.2) is 50.0 Å². The third-order valence-electron chi connectivity index (χ3n) is 5.73. The molecular formula is C24H30N6O2. The molecule has 1 aliphatic heterocycles. The molecule has 0 saturated carbocycles. The van der Waals surface area contributed by atoms with Gasteiger partial charge in [0, 0.05) is 55.3 Å². The van der Waals surface area contributed by atoms with Gasteiger partial charge in [-0.3, -0.25) is 9.78 Å². The summed E-state index contributed by atoms with van der Waals surface area (Å²) < 4.78 is 5.31. The van der Waals surface area contributed by atoms with E-state index in [0.717, 1.165) is 35.4 Å². The first-order valence-electron chi connectivity index (χ1n) is 11.2. The number of aromatic nitrogens is 4. The van der Waals surface area contributed by atoms with Gasteiger partial charge in [-0.15, -0.1) is 0 Å². The predicted octanol–water partition coefficient (Wildman–Crippen LogP) is 4.49. The van der Waals surface area contributed by atoms with Crippen LogP contribution in [0.3, 0.4) is 0 Å². The zero-order chi connectivity index (χ0) is 22.7. The summed E-state index contributed by atoms with van der Waals surface area (Å²) in [5.41, 5.74) is 3.88. The highest BCUT2D eigenvalue weighted by atomic mass is 16.5. The van der Waals surface area contributed by atoms with E-state index in [9.17, 15) is 4.79 Å². The second-order valence-electron chi connectivity index (χ2n) is 8.86. The maximum Gasteiger partial charge on any atom is 0.292 e. The second-order valence-corrected chi connectivity index (χ2v) is 8.86. The molecule has 8 heteroatoms. The van der Waals surface area contributed by atoms with Crippen LogP contribution < -0.4 is 5.32 Å². The largest absolute Gasteiger partial charge is 0.352 e. The molecule has 1 amide bonds. The van der Waals surface area contributed by atoms with Crippen molar-refractivity contribution < 1.29 is 9.32 Å². The van der Waals surface area contributed by atoms with Crippen LogP contribution in [0.25, 0.3) is 11.1 Å². The lowest BCUT2D eigenvalue weighted by atomic mass is 9.89. The molecule has 0 atom stereocenters. The summed E-state index contributed by atoms with van der Waals surface area (Å²) in [5, 5.41) is 7.33. The van der Waals surface area contributed by atoms with Crippen LogP contribution in [0, 0.1) is 0 Å². The lowest BCUT2D eigenvalue weighted by Gasteiger charge is -2.32. The van der Waals surface area contributed by atoms with Crippen LogP contribution in [0.2, 0.25) is 0 Å². The van der Waals surface area contributed by atoms with Crippen molar-refractivity contribution in [1.82, 2.24) is 25.0 Å². The summed E-state index contributed by atoms with van der Waals surface area (Å²) in [6, 6.07) is 5.96. The number of likely N-dealkylation sites (tertiary alicyclic amines) is 1. The summed E-state index contributed by atoms with van der Waals surface area (Å²) in [7, 11) is 0. The fourth-order valence-electron chi connectivity index (χ4n) is 3.96. The summed E-state index contributed by atoms with van der Waals surface area (Å²) in [4.78, 5) is 28.3. The number of rotatable bonds is 6. The first kappa shape index (κ1) is 21.9. The number of hydrogen-bond acceptors (Lipinski definition) is 7. The van der Waals surface area contributed by atoms with Gasteiger partial charge in [-0.05, 0) is 50.3 Å². The Morgan fingerprint density at radius 3 is 2.50 bits per heavy atom. The van der Waals surface area contributed by atoms with E-state index in [4.69, 9.17) is 9.51 Å². The maximum absolute atomic E-state index is 12.9. The minimum Gasteiger partial charge on any atom is -0.352 e. The van der Waals surface area contributed by atoms with Crippen LogP contribution in [0.5, 0.6) is 0 Å². The molecule has 1 N–H and O–H groups in total. The predicted molar refractivity (Wildman–Crippen MR) is 122 cm³/mol. The van der Waals surface area contributed by atoms with Crippen molar-refractivity contribution in [1.29, 1.82) is 0 Å². The summed E-state index contributed by atoms with van der Waals surface area (Å²) in [5.74, 6) is 1.31. The molecule has 3 aromatic rings. The molecule has 0 radical (unpaired) electrons. The number of amides is 1. The van der Waals surface area contributed by atoms with Gasteiger partial charge >= 0.3 is 0 Å². The van der Waals surface area contributed by atoms with Crippen LogP contribution in [-0.2, 0) is 0 Å². The Balaban J connectivity index is 1.53. The smallest absolute Gasteiger partial charge is 0.292 e. The van der Waals surface area contributed by atoms with E-state index in [-0.39, 0.29) is 23.8 Å². The minimum absolute atomic E-state index is 0.0953. The van der Waals surface area contributed by atoms with Gasteiger partial charge in [0.25, 0.3) is 5.91 Å². The monoisotopic (exact) mass is 434 g/mol. The molecule has 32 heavy (non-hydrogen) atoms. The first-order chi connectivity index (χ1) is 15.4. The number of carbonyl (C=O) groups is 1. The molecule has 0 spiro atoms. The fourth-order valence-corrected chi connectivity index (χ4v) is 3.96. The van der Waals surface area contributed by atoms with Crippen LogP contribution in [0.4, 0.5) is 5.95 Å². The van der Waals surface area contributed by atoms with Gasteiger partial charge < -0.3 is 14.7 Å². The molecule has 8 nitrogen and oxygen atoms in total. The molecule has 1 fully saturated rings. The van der Waals surface area contributed by atoms with Gasteiger partial charge in [0.2, 0.25) is 11.7 Å². The third-order valence-corrected chi connectivity index (χ3v) is 5.73. The van der Waals surface area contributed by atoms with Crippen molar-refractivity contribution in [3.63, 3.8) is 0 Å². The number of carbonyl (C=O) groups excluding carboxylic acids is 1. The second kappa shape index (κ2) is 9.46. The molecule has 168 valence electrons. The Labute approximate surface area is 188 Å². The van der Waals surface area contributed by atoms with Gasteiger partial charge in [-0.1, -0.05) is 19.0 Å². The van der Waals surface area contributed by atoms with Crippen molar-refractivity contribution in [2.24, 2.45) is 0 Å². The highest BCUT2D eigenvalue weighted by Gasteiger charge is 2.29. The van der Waals surface area contributed by atoms with Gasteiger partial charge in [0.05, 0.1) is 11.4 Å². The zero-order valence-electron chi connectivity index (χ0n) is 19.1. The lowest BCUT2D eigenvalue weighted by molar-refractivity contribution is 0.0670. The van der Waals surface area contributed by atoms with E-state index >= 15 is 0 Å². The lowest BCUT2D eigenvalue weighted by Crippen LogP contribution is -2.38. The SMILES string of the molecule is CC(C)Nc1ncc(-c2ccncc2)c(C2CCN(C(=O)c3cc(C(C)C)no3)CC2)n1. The van der Waals surface area contributed by atoms with Gasteiger partial charge in [0.15, 0.2) is 0 Å². The highest BCUT2D eigenvalue weighted by Crippen LogP contribution is 2.34. The Morgan fingerprint density at radius 1 is 1.16 bits per heavy atom. The number of nitrogens with one attached hydrogen (secondary N) is 1. The number of anilines is 1. The molecule has 1 aliphatic rings. The van der Waals surface area contributed by atoms with E-state index in [2.05, 4.69) is 34.3 Å². The normalized spacial score (nSPS) is 14.9. The Morgan fingerprint density at radius 2 is 1.88 bits per heavy atom. The molecule has 0 bridgehead atoms. The average molecular weight is 435 g/mol. The average Bonchev–Trinajstić information content (AvgIpc) is 3.30. The van der Waals surface area contributed by atoms with E-state index in [0.29, 0.717) is 24.8 Å². The summed E-state index contributed by atoms with van der Waals surface area (Å²) in [6.07, 6.45) is 7.11. The molecule has 4 rings (SSSR count). The number of pyridine rings is 1. The maximum atomic E-state index is 12.9. The quantitative estimate of drug-likeness (QED) is 0.610. The zero-order valence-corrected chi connectivity index (χ0v) is 19.1. The standard InChI is InChI=1S/C24H30N6O2/c1-15(2)20-13-21(32-29-20)23(31)30-11-7-18(8-12-30)22-19(17-5-9-25-10-6-17)14-26-24(28-22)27-16(3)4/h5-6,9-10,13-16,18H,7-8,11-12H2,1-4H3,(H,26,27,28). The van der Waals surface area contributed by atoms with E-state index < -0.39 is 0 Å². The van der Waals surface area contributed by atoms with Gasteiger partial charge in [-0.2, -0.15) is 0 Å². The van der Waals surface area contributed by atoms with Crippen molar-refractivity contribution >= 4 is 11.9 Å². The van der Waals surface area contributed by atoms with Gasteiger partial charge in [0.1, 0.15) is 0 Å². The van der Waals surface area contributed by atoms with Crippen LogP contribution in [0.15, 0.2) is 41.3 Å². The molecule has 1 saturated heterocycles. The van der Waals surface area contributed by atoms with Gasteiger partial charge in [-0.25, -0.2) is 9.97 Å². The molecule has 4 heterocycles. The Kier molecular flexibility index (Phi) is 6.48. The van der Waals surface area contributed by atoms with Crippen LogP contribution >= 0.6 is 0 Å². The number of nitrogens with zero attached hydrogens (tertiary/aromatic N) is 5.